The van der Waals surface area contributed by atoms with Crippen LogP contribution in [0.15, 0.2) is 77.6 Å². The maximum atomic E-state index is 12.5. The average Bonchev–Trinajstić information content (AvgIpc) is 2.67. The molecule has 0 aliphatic rings. The summed E-state index contributed by atoms with van der Waals surface area (Å²) in [6.07, 6.45) is 0. The number of rotatable bonds is 5. The molecule has 0 radical (unpaired) electrons. The molecule has 2 amide bonds. The first-order valence-electron chi connectivity index (χ1n) is 8.00. The molecule has 0 saturated heterocycles. The van der Waals surface area contributed by atoms with Gasteiger partial charge in [0.1, 0.15) is 11.6 Å². The number of primary amides is 1. The molecule has 0 bridgehead atoms. The van der Waals surface area contributed by atoms with Crippen molar-refractivity contribution in [2.45, 2.75) is 6.04 Å². The molecule has 4 N–H and O–H groups in total. The Kier molecular flexibility index (Phi) is 4.94. The van der Waals surface area contributed by atoms with Crippen LogP contribution < -0.4 is 16.6 Å². The van der Waals surface area contributed by atoms with E-state index in [4.69, 9.17) is 5.73 Å². The molecule has 6 heteroatoms. The molecule has 130 valence electrons. The predicted octanol–water partition coefficient (Wildman–Crippen LogP) is 2.00. The Morgan fingerprint density at radius 3 is 2.08 bits per heavy atom. The minimum Gasteiger partial charge on any atom is -0.368 e. The highest BCUT2D eigenvalue weighted by atomic mass is 16.2. The molecular weight excluding hydrogens is 330 g/mol. The average molecular weight is 347 g/mol. The topological polar surface area (TPSA) is 105 Å². The second-order valence-corrected chi connectivity index (χ2v) is 5.70. The van der Waals surface area contributed by atoms with Crippen molar-refractivity contribution in [3.63, 3.8) is 0 Å². The molecule has 26 heavy (non-hydrogen) atoms. The second-order valence-electron chi connectivity index (χ2n) is 5.70. The van der Waals surface area contributed by atoms with Gasteiger partial charge in [-0.15, -0.1) is 0 Å². The highest BCUT2D eigenvalue weighted by molar-refractivity contribution is 5.97. The summed E-state index contributed by atoms with van der Waals surface area (Å²) >= 11 is 0. The van der Waals surface area contributed by atoms with E-state index in [0.717, 1.165) is 5.56 Å². The van der Waals surface area contributed by atoms with E-state index in [9.17, 15) is 14.4 Å². The number of nitrogens with two attached hydrogens (primary N) is 1. The highest BCUT2D eigenvalue weighted by Gasteiger charge is 2.22. The minimum absolute atomic E-state index is 0.0909. The van der Waals surface area contributed by atoms with Crippen LogP contribution in [0.2, 0.25) is 0 Å². The summed E-state index contributed by atoms with van der Waals surface area (Å²) in [5.74, 6) is -1.37. The Morgan fingerprint density at radius 1 is 0.885 bits per heavy atom. The summed E-state index contributed by atoms with van der Waals surface area (Å²) in [6.45, 7) is 0. The lowest BCUT2D eigenvalue weighted by molar-refractivity contribution is -0.120. The summed E-state index contributed by atoms with van der Waals surface area (Å²) in [6, 6.07) is 20.0. The number of pyridine rings is 1. The van der Waals surface area contributed by atoms with Crippen molar-refractivity contribution in [1.82, 2.24) is 10.3 Å². The normalized spacial score (nSPS) is 11.5. The maximum Gasteiger partial charge on any atom is 0.261 e. The third kappa shape index (κ3) is 3.70. The monoisotopic (exact) mass is 347 g/mol. The molecule has 1 atom stereocenters. The van der Waals surface area contributed by atoms with Gasteiger partial charge in [0.2, 0.25) is 5.91 Å². The zero-order valence-electron chi connectivity index (χ0n) is 13.8. The Morgan fingerprint density at radius 2 is 1.50 bits per heavy atom. The van der Waals surface area contributed by atoms with E-state index in [-0.39, 0.29) is 5.56 Å². The number of hydrogen-bond donors (Lipinski definition) is 3. The lowest BCUT2D eigenvalue weighted by Gasteiger charge is -2.15. The van der Waals surface area contributed by atoms with E-state index in [1.807, 2.05) is 30.3 Å². The quantitative estimate of drug-likeness (QED) is 0.657. The fraction of sp³-hybridized carbons (Fsp3) is 0.0500. The molecular formula is C20H17N3O3. The van der Waals surface area contributed by atoms with Crippen molar-refractivity contribution in [1.29, 1.82) is 0 Å². The number of nitrogens with one attached hydrogen (secondary N) is 2. The van der Waals surface area contributed by atoms with Crippen LogP contribution in [0.3, 0.4) is 0 Å². The number of carbonyl (C=O) groups excluding carboxylic acids is 2. The van der Waals surface area contributed by atoms with Crippen LogP contribution in [-0.4, -0.2) is 16.8 Å². The summed E-state index contributed by atoms with van der Waals surface area (Å²) in [4.78, 5) is 39.2. The van der Waals surface area contributed by atoms with Gasteiger partial charge in [0.25, 0.3) is 11.5 Å². The Hall–Kier alpha value is -3.67. The van der Waals surface area contributed by atoms with E-state index in [1.165, 1.54) is 6.07 Å². The van der Waals surface area contributed by atoms with Gasteiger partial charge in [-0.3, -0.25) is 14.4 Å². The van der Waals surface area contributed by atoms with E-state index in [0.29, 0.717) is 11.3 Å². The third-order valence-corrected chi connectivity index (χ3v) is 3.93. The Balaban J connectivity index is 1.86. The first-order valence-corrected chi connectivity index (χ1v) is 8.00. The first kappa shape index (κ1) is 17.2. The van der Waals surface area contributed by atoms with E-state index in [2.05, 4.69) is 10.3 Å². The van der Waals surface area contributed by atoms with Crippen LogP contribution in [0.1, 0.15) is 22.0 Å². The van der Waals surface area contributed by atoms with Crippen LogP contribution in [0.4, 0.5) is 0 Å². The van der Waals surface area contributed by atoms with Crippen molar-refractivity contribution >= 4 is 11.8 Å². The van der Waals surface area contributed by atoms with Crippen molar-refractivity contribution in [3.8, 4) is 11.3 Å². The first-order chi connectivity index (χ1) is 12.6. The molecule has 0 saturated carbocycles. The van der Waals surface area contributed by atoms with Crippen molar-refractivity contribution in [2.75, 3.05) is 0 Å². The van der Waals surface area contributed by atoms with Gasteiger partial charge in [-0.25, -0.2) is 0 Å². The molecule has 0 aliphatic carbocycles. The molecule has 0 spiro atoms. The molecule has 6 nitrogen and oxygen atoms in total. The number of benzene rings is 2. The van der Waals surface area contributed by atoms with Gasteiger partial charge >= 0.3 is 0 Å². The number of hydrogen-bond acceptors (Lipinski definition) is 3. The van der Waals surface area contributed by atoms with Crippen LogP contribution in [0.5, 0.6) is 0 Å². The zero-order chi connectivity index (χ0) is 18.5. The minimum atomic E-state index is -1.02. The fourth-order valence-corrected chi connectivity index (χ4v) is 2.61. The van der Waals surface area contributed by atoms with Gasteiger partial charge in [-0.1, -0.05) is 60.7 Å². The van der Waals surface area contributed by atoms with Gasteiger partial charge < -0.3 is 16.0 Å². The summed E-state index contributed by atoms with van der Waals surface area (Å²) in [5, 5.41) is 2.52. The van der Waals surface area contributed by atoms with Gasteiger partial charge in [-0.2, -0.15) is 0 Å². The standard InChI is InChI=1S/C20H17N3O3/c21-18(24)17(14-9-5-2-6-10-14)23-20(26)15-11-12-16(22-19(15)25)13-7-3-1-4-8-13/h1-12,17H,(H2,21,24)(H,22,25)(H,23,26)/t17-/m1/s1. The van der Waals surface area contributed by atoms with Gasteiger partial charge in [0.15, 0.2) is 0 Å². The van der Waals surface area contributed by atoms with E-state index < -0.39 is 23.4 Å². The number of aromatic nitrogens is 1. The SMILES string of the molecule is NC(=O)[C@H](NC(=O)c1ccc(-c2ccccc2)[nH]c1=O)c1ccccc1. The molecule has 1 heterocycles. The molecule has 3 aromatic rings. The fourth-order valence-electron chi connectivity index (χ4n) is 2.61. The molecule has 2 aromatic carbocycles. The van der Waals surface area contributed by atoms with Crippen LogP contribution >= 0.6 is 0 Å². The molecule has 1 aromatic heterocycles. The number of carbonyl (C=O) groups is 2. The van der Waals surface area contributed by atoms with Crippen LogP contribution in [0, 0.1) is 0 Å². The summed E-state index contributed by atoms with van der Waals surface area (Å²) in [5.41, 5.74) is 6.74. The lowest BCUT2D eigenvalue weighted by Crippen LogP contribution is -2.39. The molecule has 3 rings (SSSR count). The number of H-pyrrole nitrogens is 1. The smallest absolute Gasteiger partial charge is 0.261 e. The second kappa shape index (κ2) is 7.48. The van der Waals surface area contributed by atoms with Crippen LogP contribution in [0.25, 0.3) is 11.3 Å². The number of aromatic amines is 1. The Bertz CT molecular complexity index is 982. The summed E-state index contributed by atoms with van der Waals surface area (Å²) < 4.78 is 0. The van der Waals surface area contributed by atoms with Gasteiger partial charge in [0.05, 0.1) is 0 Å². The van der Waals surface area contributed by atoms with E-state index in [1.54, 1.807) is 36.4 Å². The third-order valence-electron chi connectivity index (χ3n) is 3.93. The maximum absolute atomic E-state index is 12.5. The van der Waals surface area contributed by atoms with Crippen molar-refractivity contribution in [2.24, 2.45) is 5.73 Å². The predicted molar refractivity (Wildman–Crippen MR) is 98.3 cm³/mol. The molecule has 0 aliphatic heterocycles. The van der Waals surface area contributed by atoms with Gasteiger partial charge in [-0.05, 0) is 23.3 Å². The molecule has 0 unspecified atom stereocenters. The Labute approximate surface area is 149 Å². The van der Waals surface area contributed by atoms with Crippen molar-refractivity contribution in [3.05, 3.63) is 94.3 Å². The highest BCUT2D eigenvalue weighted by Crippen LogP contribution is 2.16. The lowest BCUT2D eigenvalue weighted by atomic mass is 10.1. The van der Waals surface area contributed by atoms with Crippen molar-refractivity contribution < 1.29 is 9.59 Å². The number of amides is 2. The summed E-state index contributed by atoms with van der Waals surface area (Å²) in [7, 11) is 0. The van der Waals surface area contributed by atoms with E-state index >= 15 is 0 Å². The zero-order valence-corrected chi connectivity index (χ0v) is 13.8. The molecule has 0 fully saturated rings. The van der Waals surface area contributed by atoms with Crippen LogP contribution in [-0.2, 0) is 4.79 Å². The van der Waals surface area contributed by atoms with Gasteiger partial charge in [0, 0.05) is 5.69 Å². The largest absolute Gasteiger partial charge is 0.368 e.